The van der Waals surface area contributed by atoms with Crippen LogP contribution in [0.15, 0.2) is 51.1 Å². The van der Waals surface area contributed by atoms with Gasteiger partial charge in [-0.2, -0.15) is 13.9 Å². The Bertz CT molecular complexity index is 994. The van der Waals surface area contributed by atoms with Gasteiger partial charge in [0.05, 0.1) is 16.8 Å². The smallest absolute Gasteiger partial charge is 0.387 e. The molecule has 1 aliphatic heterocycles. The van der Waals surface area contributed by atoms with Gasteiger partial charge in [0.2, 0.25) is 0 Å². The van der Waals surface area contributed by atoms with E-state index >= 15 is 0 Å². The fourth-order valence-corrected chi connectivity index (χ4v) is 2.69. The number of benzene rings is 2. The summed E-state index contributed by atoms with van der Waals surface area (Å²) >= 11 is 3.29. The molecule has 3 rings (SSSR count). The van der Waals surface area contributed by atoms with E-state index in [1.807, 2.05) is 0 Å². The lowest BCUT2D eigenvalue weighted by molar-refractivity contribution is -0.384. The zero-order valence-electron chi connectivity index (χ0n) is 13.2. The van der Waals surface area contributed by atoms with E-state index in [0.717, 1.165) is 28.9 Å². The lowest BCUT2D eigenvalue weighted by atomic mass is 10.1. The molecule has 0 atom stereocenters. The number of rotatable bonds is 5. The molecule has 1 amide bonds. The maximum atomic E-state index is 12.5. The normalized spacial score (nSPS) is 14.7. The highest BCUT2D eigenvalue weighted by Crippen LogP contribution is 2.27. The number of hydrogen-bond donors (Lipinski definition) is 1. The molecule has 2 aromatic rings. The molecule has 0 radical (unpaired) electrons. The summed E-state index contributed by atoms with van der Waals surface area (Å²) in [5.41, 5.74) is 0.661. The monoisotopic (exact) mass is 438 g/mol. The molecule has 0 unspecified atom stereocenters. The summed E-state index contributed by atoms with van der Waals surface area (Å²) in [5.74, 6) is -0.790. The minimum atomic E-state index is -3.12. The van der Waals surface area contributed by atoms with Gasteiger partial charge in [-0.1, -0.05) is 15.9 Å². The first-order valence-corrected chi connectivity index (χ1v) is 8.10. The van der Waals surface area contributed by atoms with Crippen molar-refractivity contribution < 1.29 is 23.2 Å². The molecule has 2 aromatic carbocycles. The average molecular weight is 439 g/mol. The molecule has 0 spiro atoms. The summed E-state index contributed by atoms with van der Waals surface area (Å²) in [6, 6.07) is 8.16. The molecular weight excluding hydrogens is 430 g/mol. The Morgan fingerprint density at radius 3 is 2.74 bits per heavy atom. The average Bonchev–Trinajstić information content (AvgIpc) is 2.90. The highest BCUT2D eigenvalue weighted by Gasteiger charge is 2.26. The quantitative estimate of drug-likeness (QED) is 0.435. The third-order valence-electron chi connectivity index (χ3n) is 3.47. The highest BCUT2D eigenvalue weighted by atomic mass is 79.9. The van der Waals surface area contributed by atoms with Crippen molar-refractivity contribution in [2.24, 2.45) is 10.2 Å². The highest BCUT2D eigenvalue weighted by molar-refractivity contribution is 9.10. The molecule has 0 aromatic heterocycles. The fraction of sp³-hybridized carbons (Fsp3) is 0.0625. The summed E-state index contributed by atoms with van der Waals surface area (Å²) in [7, 11) is 0. The number of nitrogens with zero attached hydrogens (tertiary/aromatic N) is 3. The fourth-order valence-electron chi connectivity index (χ4n) is 2.33. The van der Waals surface area contributed by atoms with Crippen LogP contribution < -0.4 is 10.1 Å². The minimum Gasteiger partial charge on any atom is -0.434 e. The molecule has 0 fully saturated rings. The van der Waals surface area contributed by atoms with Crippen LogP contribution in [-0.4, -0.2) is 29.4 Å². The van der Waals surface area contributed by atoms with Crippen LogP contribution in [0.3, 0.4) is 0 Å². The largest absolute Gasteiger partial charge is 0.434 e. The van der Waals surface area contributed by atoms with Crippen molar-refractivity contribution >= 4 is 45.1 Å². The Balaban J connectivity index is 1.95. The predicted octanol–water partition coefficient (Wildman–Crippen LogP) is 3.73. The van der Waals surface area contributed by atoms with Crippen LogP contribution in [0.25, 0.3) is 0 Å². The third kappa shape index (κ3) is 4.14. The van der Waals surface area contributed by atoms with Gasteiger partial charge < -0.3 is 10.1 Å². The van der Waals surface area contributed by atoms with Gasteiger partial charge in [0.15, 0.2) is 5.71 Å². The first-order chi connectivity index (χ1) is 12.8. The van der Waals surface area contributed by atoms with E-state index < -0.39 is 17.4 Å². The minimum absolute atomic E-state index is 0.0179. The molecule has 138 valence electrons. The van der Waals surface area contributed by atoms with Gasteiger partial charge >= 0.3 is 6.61 Å². The molecule has 1 aliphatic rings. The van der Waals surface area contributed by atoms with E-state index in [1.54, 1.807) is 18.2 Å². The van der Waals surface area contributed by atoms with E-state index in [-0.39, 0.29) is 22.7 Å². The first kappa shape index (κ1) is 18.6. The van der Waals surface area contributed by atoms with Crippen molar-refractivity contribution in [1.82, 2.24) is 0 Å². The third-order valence-corrected chi connectivity index (χ3v) is 3.97. The van der Waals surface area contributed by atoms with E-state index in [4.69, 9.17) is 0 Å². The summed E-state index contributed by atoms with van der Waals surface area (Å²) < 4.78 is 30.0. The molecule has 8 nitrogen and oxygen atoms in total. The van der Waals surface area contributed by atoms with Crippen LogP contribution in [0.1, 0.15) is 11.1 Å². The van der Waals surface area contributed by atoms with Crippen LogP contribution in [0.5, 0.6) is 5.75 Å². The van der Waals surface area contributed by atoms with Crippen LogP contribution in [0.2, 0.25) is 0 Å². The maximum absolute atomic E-state index is 12.5. The number of carbonyl (C=O) groups is 1. The van der Waals surface area contributed by atoms with Crippen molar-refractivity contribution in [3.63, 3.8) is 0 Å². The zero-order chi connectivity index (χ0) is 19.6. The number of hydrogen-bond acceptors (Lipinski definition) is 6. The molecule has 1 N–H and O–H groups in total. The number of carbonyl (C=O) groups excluding carboxylic acids is 1. The Labute approximate surface area is 158 Å². The van der Waals surface area contributed by atoms with E-state index in [0.29, 0.717) is 11.3 Å². The molecule has 11 heteroatoms. The van der Waals surface area contributed by atoms with Gasteiger partial charge in [-0.05, 0) is 24.3 Å². The number of alkyl halides is 2. The number of amides is 1. The lowest BCUT2D eigenvalue weighted by Crippen LogP contribution is -2.13. The number of ether oxygens (including phenoxy) is 1. The summed E-state index contributed by atoms with van der Waals surface area (Å²) in [5, 5.41) is 21.0. The standard InChI is InChI=1S/C16H9BrF2N4O4/c17-9-1-3-12-11(6-9)14(15(24)21-12)22-20-7-8-5-10(23(25)26)2-4-13(8)27-16(18)19/h1-7,16H,(H,21,22,24). The van der Waals surface area contributed by atoms with Gasteiger partial charge in [0.25, 0.3) is 11.6 Å². The summed E-state index contributed by atoms with van der Waals surface area (Å²) in [4.78, 5) is 22.2. The number of nitrogens with one attached hydrogen (secondary N) is 1. The lowest BCUT2D eigenvalue weighted by Gasteiger charge is -2.06. The molecule has 27 heavy (non-hydrogen) atoms. The Hall–Kier alpha value is -3.21. The van der Waals surface area contributed by atoms with Gasteiger partial charge in [0.1, 0.15) is 5.75 Å². The predicted molar refractivity (Wildman–Crippen MR) is 96.6 cm³/mol. The van der Waals surface area contributed by atoms with E-state index in [9.17, 15) is 23.7 Å². The van der Waals surface area contributed by atoms with Crippen molar-refractivity contribution in [2.45, 2.75) is 6.61 Å². The first-order valence-electron chi connectivity index (χ1n) is 7.30. The number of anilines is 1. The van der Waals surface area contributed by atoms with Gasteiger partial charge in [-0.15, -0.1) is 5.10 Å². The van der Waals surface area contributed by atoms with Gasteiger partial charge in [0, 0.05) is 27.7 Å². The Morgan fingerprint density at radius 1 is 1.26 bits per heavy atom. The number of non-ortho nitro benzene ring substituents is 1. The second kappa shape index (κ2) is 7.58. The van der Waals surface area contributed by atoms with Crippen LogP contribution in [-0.2, 0) is 4.79 Å². The maximum Gasteiger partial charge on any atom is 0.387 e. The number of halogens is 3. The molecular formula is C16H9BrF2N4O4. The van der Waals surface area contributed by atoms with Crippen LogP contribution in [0.4, 0.5) is 20.2 Å². The zero-order valence-corrected chi connectivity index (χ0v) is 14.8. The van der Waals surface area contributed by atoms with Crippen LogP contribution in [0, 0.1) is 10.1 Å². The molecule has 1 heterocycles. The SMILES string of the molecule is O=C1Nc2ccc(Br)cc2C1=NN=Cc1cc([N+](=O)[O-])ccc1OC(F)F. The van der Waals surface area contributed by atoms with Crippen molar-refractivity contribution in [3.8, 4) is 5.75 Å². The van der Waals surface area contributed by atoms with Crippen molar-refractivity contribution in [1.29, 1.82) is 0 Å². The number of nitro benzene ring substituents is 1. The van der Waals surface area contributed by atoms with E-state index in [1.165, 1.54) is 0 Å². The van der Waals surface area contributed by atoms with Crippen LogP contribution >= 0.6 is 15.9 Å². The van der Waals surface area contributed by atoms with Gasteiger partial charge in [-0.25, -0.2) is 0 Å². The van der Waals surface area contributed by atoms with Crippen molar-refractivity contribution in [3.05, 3.63) is 62.1 Å². The second-order valence-corrected chi connectivity index (χ2v) is 6.11. The summed E-state index contributed by atoms with van der Waals surface area (Å²) in [6.07, 6.45) is 1.00. The Morgan fingerprint density at radius 2 is 2.04 bits per heavy atom. The van der Waals surface area contributed by atoms with E-state index in [2.05, 4.69) is 36.2 Å². The molecule has 0 aliphatic carbocycles. The molecule has 0 bridgehead atoms. The van der Waals surface area contributed by atoms with Crippen molar-refractivity contribution in [2.75, 3.05) is 5.32 Å². The van der Waals surface area contributed by atoms with Gasteiger partial charge in [-0.3, -0.25) is 14.9 Å². The number of fused-ring (bicyclic) bond motifs is 1. The second-order valence-electron chi connectivity index (χ2n) is 5.19. The molecule has 0 saturated heterocycles. The summed E-state index contributed by atoms with van der Waals surface area (Å²) in [6.45, 7) is -3.12. The molecule has 0 saturated carbocycles. The Kier molecular flexibility index (Phi) is 5.21. The number of nitro groups is 1. The topological polar surface area (TPSA) is 106 Å².